The van der Waals surface area contributed by atoms with Crippen molar-refractivity contribution in [2.45, 2.75) is 52.4 Å². The molecule has 0 aliphatic rings. The van der Waals surface area contributed by atoms with Gasteiger partial charge in [0.2, 0.25) is 10.7 Å². The maximum absolute atomic E-state index is 10.7. The van der Waals surface area contributed by atoms with Crippen molar-refractivity contribution in [3.63, 3.8) is 0 Å². The minimum Gasteiger partial charge on any atom is -0.507 e. The number of phenols is 1. The average molecular weight is 365 g/mol. The van der Waals surface area contributed by atoms with Gasteiger partial charge in [-0.2, -0.15) is 4.98 Å². The predicted molar refractivity (Wildman–Crippen MR) is 103 cm³/mol. The molecule has 1 aromatic carbocycles. The second kappa shape index (κ2) is 6.29. The lowest BCUT2D eigenvalue weighted by atomic mass is 9.79. The normalized spacial score (nSPS) is 12.2. The van der Waals surface area contributed by atoms with Crippen LogP contribution in [0.1, 0.15) is 52.7 Å². The molecule has 0 spiro atoms. The Labute approximate surface area is 152 Å². The topological polar surface area (TPSA) is 76.7 Å². The van der Waals surface area contributed by atoms with Crippen LogP contribution in [0.3, 0.4) is 0 Å². The highest BCUT2D eigenvalue weighted by atomic mass is 32.1. The highest BCUT2D eigenvalue weighted by molar-refractivity contribution is 7.71. The van der Waals surface area contributed by atoms with Crippen molar-refractivity contribution >= 4 is 36.1 Å². The molecule has 0 bridgehead atoms. The summed E-state index contributed by atoms with van der Waals surface area (Å²) in [6.45, 7) is 12.4. The van der Waals surface area contributed by atoms with Gasteiger partial charge in [0.15, 0.2) is 4.77 Å². The van der Waals surface area contributed by atoms with E-state index in [1.807, 2.05) is 12.1 Å². The first-order chi connectivity index (χ1) is 10.9. The molecule has 4 N–H and O–H groups in total. The number of nitrogens with zero attached hydrogens (tertiary/aromatic N) is 1. The van der Waals surface area contributed by atoms with E-state index < -0.39 is 0 Å². The minimum atomic E-state index is -0.199. The molecule has 130 valence electrons. The van der Waals surface area contributed by atoms with Crippen LogP contribution in [0, 0.1) is 9.54 Å². The molecule has 5 nitrogen and oxygen atoms in total. The first kappa shape index (κ1) is 18.6. The van der Waals surface area contributed by atoms with Gasteiger partial charge in [-0.05, 0) is 47.4 Å². The molecule has 7 heteroatoms. The van der Waals surface area contributed by atoms with Crippen molar-refractivity contribution < 1.29 is 5.11 Å². The van der Waals surface area contributed by atoms with Crippen LogP contribution in [0.2, 0.25) is 0 Å². The summed E-state index contributed by atoms with van der Waals surface area (Å²) in [5, 5.41) is 14.0. The van der Waals surface area contributed by atoms with Gasteiger partial charge < -0.3 is 20.4 Å². The first-order valence-corrected chi connectivity index (χ1v) is 8.55. The van der Waals surface area contributed by atoms with Gasteiger partial charge in [0.25, 0.3) is 0 Å². The fraction of sp³-hybridized carbons (Fsp3) is 0.471. The zero-order valence-corrected chi connectivity index (χ0v) is 16.5. The fourth-order valence-electron chi connectivity index (χ4n) is 2.44. The molecule has 2 aromatic rings. The smallest absolute Gasteiger partial charge is 0.209 e. The molecule has 0 aliphatic heterocycles. The van der Waals surface area contributed by atoms with E-state index >= 15 is 0 Å². The van der Waals surface area contributed by atoms with Crippen LogP contribution in [0.5, 0.6) is 5.75 Å². The third-order valence-electron chi connectivity index (χ3n) is 3.65. The number of hydrogen-bond acceptors (Lipinski definition) is 5. The molecule has 24 heavy (non-hydrogen) atoms. The monoisotopic (exact) mass is 364 g/mol. The third-order valence-corrected chi connectivity index (χ3v) is 4.05. The maximum Gasteiger partial charge on any atom is 0.209 e. The molecule has 0 saturated carbocycles. The average Bonchev–Trinajstić information content (AvgIpc) is 2.36. The van der Waals surface area contributed by atoms with E-state index in [4.69, 9.17) is 24.4 Å². The Balaban J connectivity index is 2.62. The third kappa shape index (κ3) is 4.21. The quantitative estimate of drug-likeness (QED) is 0.433. The van der Waals surface area contributed by atoms with Crippen LogP contribution < -0.4 is 5.32 Å². The number of aromatic hydroxyl groups is 1. The largest absolute Gasteiger partial charge is 0.507 e. The highest BCUT2D eigenvalue weighted by Crippen LogP contribution is 2.41. The number of hydrogen-bond donors (Lipinski definition) is 4. The summed E-state index contributed by atoms with van der Waals surface area (Å²) in [6.07, 6.45) is 0. The molecular weight excluding hydrogens is 340 g/mol. The molecule has 1 heterocycles. The lowest BCUT2D eigenvalue weighted by Crippen LogP contribution is -2.17. The van der Waals surface area contributed by atoms with Gasteiger partial charge in [0.1, 0.15) is 5.75 Å². The summed E-state index contributed by atoms with van der Waals surface area (Å²) < 4.78 is 0.718. The van der Waals surface area contributed by atoms with E-state index in [0.717, 1.165) is 16.8 Å². The molecule has 1 aromatic heterocycles. The van der Waals surface area contributed by atoms with Crippen molar-refractivity contribution in [3.8, 4) is 5.75 Å². The first-order valence-electron chi connectivity index (χ1n) is 7.73. The Morgan fingerprint density at radius 1 is 0.958 bits per heavy atom. The number of rotatable bonds is 2. The Bertz CT molecular complexity index is 806. The molecule has 2 rings (SSSR count). The van der Waals surface area contributed by atoms with Crippen molar-refractivity contribution in [1.29, 1.82) is 0 Å². The standard InChI is InChI=1S/C17H24N4OS2/c1-16(2,3)10-7-9(8-11(12(10)22)17(4,5)6)18-13-19-14(23)21-15(24)20-13/h7-8,22H,1-6H3,(H3,18,19,20,21,23,24). The summed E-state index contributed by atoms with van der Waals surface area (Å²) in [5.41, 5.74) is 2.17. The lowest BCUT2D eigenvalue weighted by Gasteiger charge is -2.28. The van der Waals surface area contributed by atoms with Gasteiger partial charge in [0, 0.05) is 16.8 Å². The molecule has 0 saturated heterocycles. The van der Waals surface area contributed by atoms with Crippen molar-refractivity contribution in [2.24, 2.45) is 0 Å². The van der Waals surface area contributed by atoms with E-state index in [1.165, 1.54) is 0 Å². The van der Waals surface area contributed by atoms with Crippen LogP contribution in [0.15, 0.2) is 12.1 Å². The minimum absolute atomic E-state index is 0.199. The van der Waals surface area contributed by atoms with Crippen molar-refractivity contribution in [2.75, 3.05) is 5.32 Å². The van der Waals surface area contributed by atoms with Gasteiger partial charge in [-0.1, -0.05) is 41.5 Å². The Hall–Kier alpha value is -1.73. The molecule has 0 unspecified atom stereocenters. The number of aromatic amines is 2. The van der Waals surface area contributed by atoms with Crippen molar-refractivity contribution in [3.05, 3.63) is 32.8 Å². The summed E-state index contributed by atoms with van der Waals surface area (Å²) in [5.74, 6) is 0.806. The predicted octanol–water partition coefficient (Wildman–Crippen LogP) is 5.24. The Morgan fingerprint density at radius 3 is 1.88 bits per heavy atom. The van der Waals surface area contributed by atoms with Crippen molar-refractivity contribution in [1.82, 2.24) is 15.0 Å². The number of aromatic nitrogens is 3. The maximum atomic E-state index is 10.7. The van der Waals surface area contributed by atoms with E-state index in [-0.39, 0.29) is 10.8 Å². The van der Waals surface area contributed by atoms with Crippen LogP contribution in [-0.2, 0) is 10.8 Å². The van der Waals surface area contributed by atoms with E-state index in [1.54, 1.807) is 0 Å². The van der Waals surface area contributed by atoms with Gasteiger partial charge in [-0.3, -0.25) is 0 Å². The van der Waals surface area contributed by atoms with Crippen LogP contribution in [0.25, 0.3) is 0 Å². The van der Waals surface area contributed by atoms with Crippen LogP contribution >= 0.6 is 24.4 Å². The molecule has 0 amide bonds. The molecule has 0 radical (unpaired) electrons. The summed E-state index contributed by atoms with van der Waals surface area (Å²) in [6, 6.07) is 3.87. The van der Waals surface area contributed by atoms with E-state index in [0.29, 0.717) is 21.2 Å². The lowest BCUT2D eigenvalue weighted by molar-refractivity contribution is 0.423. The van der Waals surface area contributed by atoms with Crippen LogP contribution in [0.4, 0.5) is 11.6 Å². The van der Waals surface area contributed by atoms with Gasteiger partial charge >= 0.3 is 0 Å². The van der Waals surface area contributed by atoms with Gasteiger partial charge in [-0.15, -0.1) is 0 Å². The highest BCUT2D eigenvalue weighted by Gasteiger charge is 2.26. The van der Waals surface area contributed by atoms with E-state index in [2.05, 4.69) is 61.8 Å². The zero-order chi connectivity index (χ0) is 18.3. The molecule has 0 fully saturated rings. The molecule has 0 aliphatic carbocycles. The van der Waals surface area contributed by atoms with E-state index in [9.17, 15) is 5.11 Å². The number of anilines is 2. The Morgan fingerprint density at radius 2 is 1.46 bits per heavy atom. The summed E-state index contributed by atoms with van der Waals surface area (Å²) in [7, 11) is 0. The second-order valence-corrected chi connectivity index (χ2v) is 8.68. The molecule has 0 atom stereocenters. The van der Waals surface area contributed by atoms with Gasteiger partial charge in [0.05, 0.1) is 0 Å². The number of benzene rings is 1. The number of nitrogens with one attached hydrogen (secondary N) is 3. The second-order valence-electron chi connectivity index (χ2n) is 7.89. The zero-order valence-electron chi connectivity index (χ0n) is 14.9. The SMILES string of the molecule is CC(C)(C)c1cc(Nc2nc(=S)[nH]c(=S)[nH]2)cc(C(C)(C)C)c1O. The summed E-state index contributed by atoms with van der Waals surface area (Å²) in [4.78, 5) is 9.89. The van der Waals surface area contributed by atoms with Gasteiger partial charge in [-0.25, -0.2) is 0 Å². The summed E-state index contributed by atoms with van der Waals surface area (Å²) >= 11 is 10.2. The Kier molecular flexibility index (Phi) is 4.88. The number of H-pyrrole nitrogens is 2. The number of phenolic OH excluding ortho intramolecular Hbond substituents is 1. The van der Waals surface area contributed by atoms with Crippen LogP contribution in [-0.4, -0.2) is 20.1 Å². The molecular formula is C17H24N4OS2. The fourth-order valence-corrected chi connectivity index (χ4v) is 2.89.